The van der Waals surface area contributed by atoms with Gasteiger partial charge in [0.05, 0.1) is 10.2 Å². The van der Waals surface area contributed by atoms with Gasteiger partial charge in [-0.25, -0.2) is 9.97 Å². The average molecular weight is 312 g/mol. The van der Waals surface area contributed by atoms with Crippen molar-refractivity contribution in [1.82, 2.24) is 9.97 Å². The average Bonchev–Trinajstić information content (AvgIpc) is 2.87. The Balaban J connectivity index is 1.94. The Morgan fingerprint density at radius 1 is 1.47 bits per heavy atom. The van der Waals surface area contributed by atoms with Crippen LogP contribution in [0, 0.1) is 5.92 Å². The van der Waals surface area contributed by atoms with Gasteiger partial charge in [-0.3, -0.25) is 0 Å². The van der Waals surface area contributed by atoms with E-state index in [1.54, 1.807) is 17.7 Å². The Morgan fingerprint density at radius 2 is 2.41 bits per heavy atom. The SMILES string of the molecule is BrCC1CCCN(c2ncnc3ccsc23)C1. The second kappa shape index (κ2) is 4.90. The molecule has 1 atom stereocenters. The Labute approximate surface area is 113 Å². The number of nitrogens with zero attached hydrogens (tertiary/aromatic N) is 3. The van der Waals surface area contributed by atoms with Crippen molar-refractivity contribution in [3.05, 3.63) is 17.8 Å². The van der Waals surface area contributed by atoms with Gasteiger partial charge in [0, 0.05) is 18.4 Å². The van der Waals surface area contributed by atoms with Crippen molar-refractivity contribution < 1.29 is 0 Å². The maximum atomic E-state index is 4.48. The summed E-state index contributed by atoms with van der Waals surface area (Å²) < 4.78 is 1.22. The van der Waals surface area contributed by atoms with E-state index >= 15 is 0 Å². The summed E-state index contributed by atoms with van der Waals surface area (Å²) in [6, 6.07) is 2.07. The number of alkyl halides is 1. The second-order valence-electron chi connectivity index (χ2n) is 4.44. The first kappa shape index (κ1) is 11.4. The molecule has 0 bridgehead atoms. The molecule has 3 rings (SSSR count). The molecule has 1 saturated heterocycles. The Morgan fingerprint density at radius 3 is 3.29 bits per heavy atom. The fourth-order valence-electron chi connectivity index (χ4n) is 2.38. The van der Waals surface area contributed by atoms with Gasteiger partial charge in [0.1, 0.15) is 12.1 Å². The number of rotatable bonds is 2. The van der Waals surface area contributed by atoms with Crippen molar-refractivity contribution in [3.63, 3.8) is 0 Å². The number of anilines is 1. The molecule has 1 aliphatic heterocycles. The lowest BCUT2D eigenvalue weighted by molar-refractivity contribution is 0.453. The highest BCUT2D eigenvalue weighted by Gasteiger charge is 2.21. The topological polar surface area (TPSA) is 29.0 Å². The highest BCUT2D eigenvalue weighted by Crippen LogP contribution is 2.30. The molecule has 0 N–H and O–H groups in total. The molecule has 0 amide bonds. The molecule has 1 aliphatic rings. The minimum absolute atomic E-state index is 0.744. The van der Waals surface area contributed by atoms with E-state index in [9.17, 15) is 0 Å². The van der Waals surface area contributed by atoms with Gasteiger partial charge in [-0.05, 0) is 30.2 Å². The number of hydrogen-bond acceptors (Lipinski definition) is 4. The summed E-state index contributed by atoms with van der Waals surface area (Å²) in [5.41, 5.74) is 1.07. The highest BCUT2D eigenvalue weighted by atomic mass is 79.9. The minimum atomic E-state index is 0.744. The molecule has 1 unspecified atom stereocenters. The van der Waals surface area contributed by atoms with Crippen LogP contribution in [0.3, 0.4) is 0 Å². The normalized spacial score (nSPS) is 21.0. The molecule has 3 nitrogen and oxygen atoms in total. The van der Waals surface area contributed by atoms with Crippen molar-refractivity contribution in [1.29, 1.82) is 0 Å². The standard InChI is InChI=1S/C12H14BrN3S/c13-6-9-2-1-4-16(7-9)12-11-10(3-5-17-11)14-8-15-12/h3,5,8-9H,1-2,4,6-7H2. The monoisotopic (exact) mass is 311 g/mol. The summed E-state index contributed by atoms with van der Waals surface area (Å²) in [5.74, 6) is 1.87. The van der Waals surface area contributed by atoms with Crippen LogP contribution < -0.4 is 4.90 Å². The van der Waals surface area contributed by atoms with Crippen LogP contribution in [0.1, 0.15) is 12.8 Å². The third-order valence-corrected chi connectivity index (χ3v) is 5.08. The quantitative estimate of drug-likeness (QED) is 0.797. The van der Waals surface area contributed by atoms with Crippen LogP contribution in [0.2, 0.25) is 0 Å². The fraction of sp³-hybridized carbons (Fsp3) is 0.500. The molecular formula is C12H14BrN3S. The van der Waals surface area contributed by atoms with Crippen molar-refractivity contribution in [2.45, 2.75) is 12.8 Å². The summed E-state index contributed by atoms with van der Waals surface area (Å²) in [7, 11) is 0. The smallest absolute Gasteiger partial charge is 0.150 e. The first-order valence-electron chi connectivity index (χ1n) is 5.87. The molecule has 17 heavy (non-hydrogen) atoms. The predicted molar refractivity (Wildman–Crippen MR) is 76.1 cm³/mol. The van der Waals surface area contributed by atoms with Gasteiger partial charge in [0.25, 0.3) is 0 Å². The summed E-state index contributed by atoms with van der Waals surface area (Å²) in [4.78, 5) is 11.2. The Kier molecular flexibility index (Phi) is 3.29. The van der Waals surface area contributed by atoms with Gasteiger partial charge in [-0.2, -0.15) is 0 Å². The van der Waals surface area contributed by atoms with E-state index in [-0.39, 0.29) is 0 Å². The zero-order valence-electron chi connectivity index (χ0n) is 9.47. The molecular weight excluding hydrogens is 298 g/mol. The number of fused-ring (bicyclic) bond motifs is 1. The summed E-state index contributed by atoms with van der Waals surface area (Å²) in [6.45, 7) is 2.22. The molecule has 90 valence electrons. The van der Waals surface area contributed by atoms with Crippen LogP contribution in [-0.4, -0.2) is 28.4 Å². The van der Waals surface area contributed by atoms with Gasteiger partial charge < -0.3 is 4.90 Å². The lowest BCUT2D eigenvalue weighted by Crippen LogP contribution is -2.36. The number of piperidine rings is 1. The molecule has 0 saturated carbocycles. The zero-order valence-corrected chi connectivity index (χ0v) is 11.9. The molecule has 0 radical (unpaired) electrons. The minimum Gasteiger partial charge on any atom is -0.355 e. The van der Waals surface area contributed by atoms with Crippen molar-refractivity contribution in [3.8, 4) is 0 Å². The summed E-state index contributed by atoms with van der Waals surface area (Å²) >= 11 is 5.33. The molecule has 0 spiro atoms. The largest absolute Gasteiger partial charge is 0.355 e. The van der Waals surface area contributed by atoms with E-state index in [2.05, 4.69) is 42.2 Å². The first-order chi connectivity index (χ1) is 8.38. The molecule has 2 aromatic rings. The van der Waals surface area contributed by atoms with Gasteiger partial charge in [-0.15, -0.1) is 11.3 Å². The van der Waals surface area contributed by atoms with Gasteiger partial charge in [0.2, 0.25) is 0 Å². The third kappa shape index (κ3) is 2.18. The molecule has 2 aromatic heterocycles. The number of aromatic nitrogens is 2. The zero-order chi connectivity index (χ0) is 11.7. The Hall–Kier alpha value is -0.680. The van der Waals surface area contributed by atoms with Gasteiger partial charge in [-0.1, -0.05) is 15.9 Å². The van der Waals surface area contributed by atoms with E-state index in [0.29, 0.717) is 0 Å². The maximum absolute atomic E-state index is 4.48. The predicted octanol–water partition coefficient (Wildman–Crippen LogP) is 3.30. The second-order valence-corrected chi connectivity index (χ2v) is 6.00. The van der Waals surface area contributed by atoms with Crippen LogP contribution in [-0.2, 0) is 0 Å². The molecule has 5 heteroatoms. The van der Waals surface area contributed by atoms with Gasteiger partial charge >= 0.3 is 0 Å². The van der Waals surface area contributed by atoms with Crippen LogP contribution in [0.25, 0.3) is 10.2 Å². The van der Waals surface area contributed by atoms with Crippen molar-refractivity contribution in [2.24, 2.45) is 5.92 Å². The fourth-order valence-corrected chi connectivity index (χ4v) is 3.77. The first-order valence-corrected chi connectivity index (χ1v) is 7.87. The highest BCUT2D eigenvalue weighted by molar-refractivity contribution is 9.09. The number of halogens is 1. The maximum Gasteiger partial charge on any atom is 0.150 e. The lowest BCUT2D eigenvalue weighted by Gasteiger charge is -2.32. The van der Waals surface area contributed by atoms with Crippen LogP contribution in [0.15, 0.2) is 17.8 Å². The van der Waals surface area contributed by atoms with Crippen molar-refractivity contribution in [2.75, 3.05) is 23.3 Å². The molecule has 0 aromatic carbocycles. The van der Waals surface area contributed by atoms with E-state index in [0.717, 1.165) is 35.7 Å². The number of thiophene rings is 1. The third-order valence-electron chi connectivity index (χ3n) is 3.26. The van der Waals surface area contributed by atoms with Gasteiger partial charge in [0.15, 0.2) is 0 Å². The molecule has 1 fully saturated rings. The Bertz CT molecular complexity index is 513. The van der Waals surface area contributed by atoms with E-state index in [1.807, 2.05) is 0 Å². The van der Waals surface area contributed by atoms with Crippen LogP contribution in [0.5, 0.6) is 0 Å². The molecule has 0 aliphatic carbocycles. The summed E-state index contributed by atoms with van der Waals surface area (Å²) in [6.07, 6.45) is 4.26. The van der Waals surface area contributed by atoms with Crippen LogP contribution >= 0.6 is 27.3 Å². The molecule has 3 heterocycles. The van der Waals surface area contributed by atoms with Crippen LogP contribution in [0.4, 0.5) is 5.82 Å². The van der Waals surface area contributed by atoms with Crippen molar-refractivity contribution >= 4 is 43.3 Å². The summed E-state index contributed by atoms with van der Waals surface area (Å²) in [5, 5.41) is 3.18. The van der Waals surface area contributed by atoms with E-state index < -0.39 is 0 Å². The lowest BCUT2D eigenvalue weighted by atomic mass is 10.0. The van der Waals surface area contributed by atoms with E-state index in [4.69, 9.17) is 0 Å². The van der Waals surface area contributed by atoms with E-state index in [1.165, 1.54) is 17.5 Å². The number of hydrogen-bond donors (Lipinski definition) is 0.